The summed E-state index contributed by atoms with van der Waals surface area (Å²) in [6.07, 6.45) is 0. The molecule has 0 aromatic heterocycles. The highest BCUT2D eigenvalue weighted by atomic mass is 79.9. The number of hydrogen-bond donors (Lipinski definition) is 1. The normalized spacial score (nSPS) is 11.9. The second-order valence-corrected chi connectivity index (χ2v) is 6.87. The van der Waals surface area contributed by atoms with Gasteiger partial charge in [-0.3, -0.25) is 4.79 Å². The summed E-state index contributed by atoms with van der Waals surface area (Å²) in [4.78, 5) is 13.2. The first-order valence-corrected chi connectivity index (χ1v) is 8.09. The minimum atomic E-state index is -0.181. The maximum absolute atomic E-state index is 12.1. The molecule has 0 bridgehead atoms. The Morgan fingerprint density at radius 2 is 1.95 bits per heavy atom. The van der Waals surface area contributed by atoms with Crippen molar-refractivity contribution in [3.05, 3.63) is 58.0 Å². The molecule has 1 atom stereocenters. The molecule has 2 rings (SSSR count). The lowest BCUT2D eigenvalue weighted by Gasteiger charge is -2.12. The molecule has 5 heteroatoms. The third-order valence-electron chi connectivity index (χ3n) is 2.61. The SMILES string of the molecule is CC(Sc1ccccc1)C(=O)Nc1ccc(Br)c(Cl)c1. The van der Waals surface area contributed by atoms with Crippen molar-refractivity contribution in [2.45, 2.75) is 17.1 Å². The van der Waals surface area contributed by atoms with Crippen LogP contribution >= 0.6 is 39.3 Å². The van der Waals surface area contributed by atoms with Gasteiger partial charge in [0.2, 0.25) is 5.91 Å². The molecule has 0 aliphatic carbocycles. The van der Waals surface area contributed by atoms with E-state index in [0.29, 0.717) is 10.7 Å². The van der Waals surface area contributed by atoms with E-state index in [4.69, 9.17) is 11.6 Å². The number of carbonyl (C=O) groups is 1. The summed E-state index contributed by atoms with van der Waals surface area (Å²) in [7, 11) is 0. The second-order valence-electron chi connectivity index (χ2n) is 4.19. The van der Waals surface area contributed by atoms with Crippen LogP contribution in [0.5, 0.6) is 0 Å². The van der Waals surface area contributed by atoms with E-state index < -0.39 is 0 Å². The largest absolute Gasteiger partial charge is 0.325 e. The number of hydrogen-bond acceptors (Lipinski definition) is 2. The lowest BCUT2D eigenvalue weighted by molar-refractivity contribution is -0.115. The average molecular weight is 371 g/mol. The van der Waals surface area contributed by atoms with Crippen LogP contribution in [-0.4, -0.2) is 11.2 Å². The van der Waals surface area contributed by atoms with Crippen LogP contribution in [0.15, 0.2) is 57.9 Å². The third kappa shape index (κ3) is 4.27. The topological polar surface area (TPSA) is 29.1 Å². The van der Waals surface area contributed by atoms with Crippen LogP contribution in [0, 0.1) is 0 Å². The van der Waals surface area contributed by atoms with Crippen molar-refractivity contribution in [2.75, 3.05) is 5.32 Å². The number of nitrogens with one attached hydrogen (secondary N) is 1. The molecule has 2 aromatic rings. The van der Waals surface area contributed by atoms with Gasteiger partial charge in [0.25, 0.3) is 0 Å². The molecule has 0 saturated carbocycles. The maximum atomic E-state index is 12.1. The van der Waals surface area contributed by atoms with Crippen LogP contribution in [0.3, 0.4) is 0 Å². The Labute approximate surface area is 136 Å². The van der Waals surface area contributed by atoms with Gasteiger partial charge in [-0.2, -0.15) is 0 Å². The van der Waals surface area contributed by atoms with Gasteiger partial charge in [-0.15, -0.1) is 11.8 Å². The van der Waals surface area contributed by atoms with Crippen LogP contribution in [0.4, 0.5) is 5.69 Å². The van der Waals surface area contributed by atoms with Crippen LogP contribution < -0.4 is 5.32 Å². The summed E-state index contributed by atoms with van der Waals surface area (Å²) in [5.41, 5.74) is 0.698. The van der Waals surface area contributed by atoms with E-state index in [0.717, 1.165) is 9.37 Å². The molecule has 0 aliphatic heterocycles. The fourth-order valence-electron chi connectivity index (χ4n) is 1.57. The fourth-order valence-corrected chi connectivity index (χ4v) is 2.89. The number of amides is 1. The summed E-state index contributed by atoms with van der Waals surface area (Å²) in [5, 5.41) is 3.26. The van der Waals surface area contributed by atoms with Gasteiger partial charge in [-0.05, 0) is 53.2 Å². The lowest BCUT2D eigenvalue weighted by Crippen LogP contribution is -2.22. The molecule has 0 spiro atoms. The third-order valence-corrected chi connectivity index (χ3v) is 4.96. The Kier molecular flexibility index (Phi) is 5.52. The molecule has 0 radical (unpaired) electrons. The minimum Gasteiger partial charge on any atom is -0.325 e. The molecule has 0 aliphatic rings. The second kappa shape index (κ2) is 7.16. The first-order valence-electron chi connectivity index (χ1n) is 6.04. The van der Waals surface area contributed by atoms with Crippen molar-refractivity contribution in [3.8, 4) is 0 Å². The highest BCUT2D eigenvalue weighted by molar-refractivity contribution is 9.10. The molecule has 104 valence electrons. The van der Waals surface area contributed by atoms with E-state index in [2.05, 4.69) is 21.2 Å². The van der Waals surface area contributed by atoms with E-state index in [1.165, 1.54) is 11.8 Å². The minimum absolute atomic E-state index is 0.0442. The zero-order chi connectivity index (χ0) is 14.5. The van der Waals surface area contributed by atoms with E-state index >= 15 is 0 Å². The Morgan fingerprint density at radius 1 is 1.25 bits per heavy atom. The highest BCUT2D eigenvalue weighted by Gasteiger charge is 2.14. The van der Waals surface area contributed by atoms with Crippen molar-refractivity contribution in [1.29, 1.82) is 0 Å². The zero-order valence-corrected chi connectivity index (χ0v) is 13.9. The molecule has 1 unspecified atom stereocenters. The predicted octanol–water partition coefficient (Wildman–Crippen LogP) is 5.22. The van der Waals surface area contributed by atoms with Crippen molar-refractivity contribution >= 4 is 50.9 Å². The van der Waals surface area contributed by atoms with E-state index in [1.807, 2.05) is 49.4 Å². The molecular formula is C15H13BrClNOS. The van der Waals surface area contributed by atoms with Gasteiger partial charge < -0.3 is 5.32 Å². The van der Waals surface area contributed by atoms with Crippen LogP contribution in [-0.2, 0) is 4.79 Å². The van der Waals surface area contributed by atoms with Gasteiger partial charge >= 0.3 is 0 Å². The van der Waals surface area contributed by atoms with Crippen molar-refractivity contribution in [1.82, 2.24) is 0 Å². The van der Waals surface area contributed by atoms with Gasteiger partial charge in [0.05, 0.1) is 10.3 Å². The van der Waals surface area contributed by atoms with E-state index in [1.54, 1.807) is 6.07 Å². The molecule has 2 nitrogen and oxygen atoms in total. The maximum Gasteiger partial charge on any atom is 0.237 e. The summed E-state index contributed by atoms with van der Waals surface area (Å²) < 4.78 is 0.809. The Bertz CT molecular complexity index is 606. The summed E-state index contributed by atoms with van der Waals surface area (Å²) >= 11 is 10.8. The summed E-state index contributed by atoms with van der Waals surface area (Å²) in [6, 6.07) is 15.2. The Hall–Kier alpha value is -0.970. The van der Waals surface area contributed by atoms with Gasteiger partial charge in [0.15, 0.2) is 0 Å². The molecule has 0 fully saturated rings. The summed E-state index contributed by atoms with van der Waals surface area (Å²) in [5.74, 6) is -0.0442. The van der Waals surface area contributed by atoms with Crippen LogP contribution in [0.2, 0.25) is 5.02 Å². The molecule has 0 heterocycles. The molecule has 1 N–H and O–H groups in total. The first-order chi connectivity index (χ1) is 9.56. The number of thioether (sulfide) groups is 1. The Balaban J connectivity index is 1.99. The number of carbonyl (C=O) groups excluding carboxylic acids is 1. The quantitative estimate of drug-likeness (QED) is 0.747. The molecule has 0 saturated heterocycles. The lowest BCUT2D eigenvalue weighted by atomic mass is 10.3. The van der Waals surface area contributed by atoms with E-state index in [9.17, 15) is 4.79 Å². The molecule has 20 heavy (non-hydrogen) atoms. The Morgan fingerprint density at radius 3 is 2.60 bits per heavy atom. The standard InChI is InChI=1S/C15H13BrClNOS/c1-10(20-12-5-3-2-4-6-12)15(19)18-11-7-8-13(16)14(17)9-11/h2-10H,1H3,(H,18,19). The van der Waals surface area contributed by atoms with Gasteiger partial charge in [0, 0.05) is 15.1 Å². The van der Waals surface area contributed by atoms with Crippen molar-refractivity contribution < 1.29 is 4.79 Å². The van der Waals surface area contributed by atoms with E-state index in [-0.39, 0.29) is 11.2 Å². The zero-order valence-electron chi connectivity index (χ0n) is 10.8. The average Bonchev–Trinajstić information content (AvgIpc) is 2.44. The van der Waals surface area contributed by atoms with Gasteiger partial charge in [0.1, 0.15) is 0 Å². The number of anilines is 1. The fraction of sp³-hybridized carbons (Fsp3) is 0.133. The van der Waals surface area contributed by atoms with Gasteiger partial charge in [-0.25, -0.2) is 0 Å². The first kappa shape index (κ1) is 15.4. The predicted molar refractivity (Wildman–Crippen MR) is 89.5 cm³/mol. The van der Waals surface area contributed by atoms with Crippen LogP contribution in [0.1, 0.15) is 6.92 Å². The molecule has 1 amide bonds. The smallest absolute Gasteiger partial charge is 0.237 e. The number of halogens is 2. The van der Waals surface area contributed by atoms with Gasteiger partial charge in [-0.1, -0.05) is 29.8 Å². The number of rotatable bonds is 4. The van der Waals surface area contributed by atoms with Crippen molar-refractivity contribution in [3.63, 3.8) is 0 Å². The number of benzene rings is 2. The molecule has 2 aromatic carbocycles. The van der Waals surface area contributed by atoms with Crippen molar-refractivity contribution in [2.24, 2.45) is 0 Å². The molecular weight excluding hydrogens is 358 g/mol. The monoisotopic (exact) mass is 369 g/mol. The summed E-state index contributed by atoms with van der Waals surface area (Å²) in [6.45, 7) is 1.88. The van der Waals surface area contributed by atoms with Crippen LogP contribution in [0.25, 0.3) is 0 Å². The highest BCUT2D eigenvalue weighted by Crippen LogP contribution is 2.27.